The number of hydrogen-bond acceptors (Lipinski definition) is 6. The summed E-state index contributed by atoms with van der Waals surface area (Å²) in [6.07, 6.45) is 8.84. The SMILES string of the molecule is Cn1ncc2ccc(C(=O)N[C@@H](CCN(CF)CCCCCCc3ccc4c(n3)NCCC4)C(=O)O)cc21. The number of benzene rings is 1. The van der Waals surface area contributed by atoms with Crippen molar-refractivity contribution in [3.63, 3.8) is 0 Å². The van der Waals surface area contributed by atoms with E-state index in [0.717, 1.165) is 73.9 Å². The lowest BCUT2D eigenvalue weighted by atomic mass is 10.1. The van der Waals surface area contributed by atoms with E-state index in [-0.39, 0.29) is 13.0 Å². The van der Waals surface area contributed by atoms with Gasteiger partial charge in [0.05, 0.1) is 11.7 Å². The van der Waals surface area contributed by atoms with Gasteiger partial charge in [-0.15, -0.1) is 0 Å². The lowest BCUT2D eigenvalue weighted by Crippen LogP contribution is -2.43. The Morgan fingerprint density at radius 1 is 1.18 bits per heavy atom. The van der Waals surface area contributed by atoms with E-state index in [4.69, 9.17) is 4.98 Å². The molecule has 0 bridgehead atoms. The molecule has 1 atom stereocenters. The zero-order chi connectivity index (χ0) is 26.9. The maximum Gasteiger partial charge on any atom is 0.326 e. The van der Waals surface area contributed by atoms with Crippen molar-refractivity contribution in [1.82, 2.24) is 25.0 Å². The van der Waals surface area contributed by atoms with E-state index in [1.54, 1.807) is 41.0 Å². The fourth-order valence-corrected chi connectivity index (χ4v) is 4.83. The van der Waals surface area contributed by atoms with E-state index >= 15 is 0 Å². The van der Waals surface area contributed by atoms with Crippen molar-refractivity contribution in [1.29, 1.82) is 0 Å². The number of amides is 1. The van der Waals surface area contributed by atoms with Crippen molar-refractivity contribution in [2.45, 2.75) is 57.4 Å². The van der Waals surface area contributed by atoms with Crippen LogP contribution in [0, 0.1) is 0 Å². The number of carbonyl (C=O) groups excluding carboxylic acids is 1. The van der Waals surface area contributed by atoms with Gasteiger partial charge < -0.3 is 15.7 Å². The smallest absolute Gasteiger partial charge is 0.326 e. The second-order valence-corrected chi connectivity index (χ2v) is 9.94. The minimum Gasteiger partial charge on any atom is -0.480 e. The Kier molecular flexibility index (Phi) is 9.64. The molecule has 204 valence electrons. The van der Waals surface area contributed by atoms with Gasteiger partial charge in [0.2, 0.25) is 0 Å². The summed E-state index contributed by atoms with van der Waals surface area (Å²) in [5.41, 5.74) is 3.54. The fourth-order valence-electron chi connectivity index (χ4n) is 4.83. The van der Waals surface area contributed by atoms with Crippen molar-refractivity contribution >= 4 is 28.6 Å². The molecular formula is C28H37FN6O3. The molecule has 38 heavy (non-hydrogen) atoms. The number of pyridine rings is 1. The second kappa shape index (κ2) is 13.3. The Bertz CT molecular complexity index is 1250. The quantitative estimate of drug-likeness (QED) is 0.216. The van der Waals surface area contributed by atoms with Gasteiger partial charge in [-0.2, -0.15) is 5.10 Å². The number of aliphatic carboxylic acids is 1. The molecule has 3 heterocycles. The molecule has 1 aromatic carbocycles. The highest BCUT2D eigenvalue weighted by Crippen LogP contribution is 2.20. The molecule has 0 saturated carbocycles. The summed E-state index contributed by atoms with van der Waals surface area (Å²) in [6, 6.07) is 8.30. The number of rotatable bonds is 14. The number of fused-ring (bicyclic) bond motifs is 2. The van der Waals surface area contributed by atoms with Crippen LogP contribution in [0.4, 0.5) is 10.2 Å². The summed E-state index contributed by atoms with van der Waals surface area (Å²) < 4.78 is 15.3. The molecule has 1 amide bonds. The topological polar surface area (TPSA) is 112 Å². The lowest BCUT2D eigenvalue weighted by Gasteiger charge is -2.21. The minimum absolute atomic E-state index is 0.122. The molecule has 4 rings (SSSR count). The molecule has 10 heteroatoms. The van der Waals surface area contributed by atoms with E-state index in [1.165, 1.54) is 5.56 Å². The molecule has 3 N–H and O–H groups in total. The molecule has 0 aliphatic carbocycles. The van der Waals surface area contributed by atoms with Crippen molar-refractivity contribution in [3.8, 4) is 0 Å². The maximum atomic E-state index is 13.6. The van der Waals surface area contributed by atoms with Gasteiger partial charge in [0, 0.05) is 43.3 Å². The van der Waals surface area contributed by atoms with Crippen molar-refractivity contribution < 1.29 is 19.1 Å². The number of alkyl halides is 1. The van der Waals surface area contributed by atoms with Crippen LogP contribution in [0.5, 0.6) is 0 Å². The van der Waals surface area contributed by atoms with Crippen LogP contribution in [0.3, 0.4) is 0 Å². The first-order valence-corrected chi connectivity index (χ1v) is 13.4. The number of aryl methyl sites for hydroxylation is 3. The number of aromatic nitrogens is 3. The number of carboxylic acids is 1. The average Bonchev–Trinajstić information content (AvgIpc) is 3.30. The number of halogens is 1. The monoisotopic (exact) mass is 524 g/mol. The van der Waals surface area contributed by atoms with Crippen LogP contribution in [0.25, 0.3) is 10.9 Å². The molecule has 9 nitrogen and oxygen atoms in total. The van der Waals surface area contributed by atoms with Gasteiger partial charge in [0.25, 0.3) is 5.91 Å². The molecule has 0 radical (unpaired) electrons. The molecule has 1 aliphatic heterocycles. The summed E-state index contributed by atoms with van der Waals surface area (Å²) in [5.74, 6) is -0.584. The van der Waals surface area contributed by atoms with Gasteiger partial charge in [-0.05, 0) is 62.3 Å². The zero-order valence-corrected chi connectivity index (χ0v) is 22.0. The summed E-state index contributed by atoms with van der Waals surface area (Å²) >= 11 is 0. The highest BCUT2D eigenvalue weighted by atomic mass is 19.1. The van der Waals surface area contributed by atoms with Crippen molar-refractivity contribution in [2.75, 3.05) is 31.7 Å². The van der Waals surface area contributed by atoms with Gasteiger partial charge in [-0.25, -0.2) is 14.2 Å². The normalized spacial score (nSPS) is 13.8. The van der Waals surface area contributed by atoms with Crippen LogP contribution in [-0.4, -0.2) is 69.1 Å². The first-order chi connectivity index (χ1) is 18.4. The summed E-state index contributed by atoms with van der Waals surface area (Å²) in [5, 5.41) is 20.6. The average molecular weight is 525 g/mol. The van der Waals surface area contributed by atoms with E-state index in [1.807, 2.05) is 0 Å². The maximum absolute atomic E-state index is 13.6. The number of nitrogens with zero attached hydrogens (tertiary/aromatic N) is 4. The Morgan fingerprint density at radius 2 is 2.03 bits per heavy atom. The largest absolute Gasteiger partial charge is 0.480 e. The lowest BCUT2D eigenvalue weighted by molar-refractivity contribution is -0.139. The zero-order valence-electron chi connectivity index (χ0n) is 22.0. The van der Waals surface area contributed by atoms with E-state index in [0.29, 0.717) is 12.1 Å². The molecule has 2 aromatic heterocycles. The molecule has 0 fully saturated rings. The number of anilines is 1. The molecule has 0 saturated heterocycles. The highest BCUT2D eigenvalue weighted by molar-refractivity contribution is 5.99. The molecule has 0 spiro atoms. The summed E-state index contributed by atoms with van der Waals surface area (Å²) in [4.78, 5) is 30.8. The van der Waals surface area contributed by atoms with E-state index in [9.17, 15) is 19.1 Å². The number of carboxylic acid groups (broad SMARTS) is 1. The third-order valence-corrected chi connectivity index (χ3v) is 7.13. The number of hydrogen-bond donors (Lipinski definition) is 3. The van der Waals surface area contributed by atoms with E-state index in [2.05, 4.69) is 27.9 Å². The summed E-state index contributed by atoms with van der Waals surface area (Å²) in [6.45, 7) is 1.13. The van der Waals surface area contributed by atoms with Crippen LogP contribution < -0.4 is 10.6 Å². The second-order valence-electron chi connectivity index (χ2n) is 9.94. The van der Waals surface area contributed by atoms with Crippen molar-refractivity contribution in [2.24, 2.45) is 7.05 Å². The molecule has 0 unspecified atom stereocenters. The van der Waals surface area contributed by atoms with Crippen LogP contribution in [-0.2, 0) is 24.7 Å². The number of carbonyl (C=O) groups is 2. The molecular weight excluding hydrogens is 487 g/mol. The third-order valence-electron chi connectivity index (χ3n) is 7.13. The predicted octanol–water partition coefficient (Wildman–Crippen LogP) is 3.93. The predicted molar refractivity (Wildman–Crippen MR) is 145 cm³/mol. The van der Waals surface area contributed by atoms with Crippen LogP contribution >= 0.6 is 0 Å². The van der Waals surface area contributed by atoms with Crippen LogP contribution in [0.1, 0.15) is 60.1 Å². The minimum atomic E-state index is -1.13. The number of unbranched alkanes of at least 4 members (excludes halogenated alkanes) is 3. The fraction of sp³-hybridized carbons (Fsp3) is 0.500. The van der Waals surface area contributed by atoms with Gasteiger partial charge in [0.15, 0.2) is 0 Å². The first kappa shape index (κ1) is 27.5. The molecule has 1 aliphatic rings. The summed E-state index contributed by atoms with van der Waals surface area (Å²) in [7, 11) is 1.78. The Labute approximate surface area is 222 Å². The van der Waals surface area contributed by atoms with Gasteiger partial charge in [-0.3, -0.25) is 14.4 Å². The Morgan fingerprint density at radius 3 is 2.84 bits per heavy atom. The Balaban J connectivity index is 1.16. The standard InChI is InChI=1S/C28H37FN6O3/c1-34-25-17-21(9-10-22(25)18-31-34)27(36)33-24(28(37)38)13-16-35(19-29)15-5-3-2-4-8-23-12-11-20-7-6-14-30-26(20)32-23/h9-12,17-18,24H,2-8,13-16,19H2,1H3,(H,30,32)(H,33,36)(H,37,38)/t24-/m0/s1. The first-order valence-electron chi connectivity index (χ1n) is 13.4. The third kappa shape index (κ3) is 7.28. The van der Waals surface area contributed by atoms with E-state index < -0.39 is 24.7 Å². The Hall–Kier alpha value is -3.53. The molecule has 3 aromatic rings. The highest BCUT2D eigenvalue weighted by Gasteiger charge is 2.22. The van der Waals surface area contributed by atoms with Crippen LogP contribution in [0.15, 0.2) is 36.5 Å². The van der Waals surface area contributed by atoms with Gasteiger partial charge in [-0.1, -0.05) is 25.0 Å². The van der Waals surface area contributed by atoms with Crippen molar-refractivity contribution in [3.05, 3.63) is 53.3 Å². The van der Waals surface area contributed by atoms with Gasteiger partial charge in [0.1, 0.15) is 18.7 Å². The van der Waals surface area contributed by atoms with Gasteiger partial charge >= 0.3 is 5.97 Å². The number of nitrogens with one attached hydrogen (secondary N) is 2. The van der Waals surface area contributed by atoms with Crippen LogP contribution in [0.2, 0.25) is 0 Å².